The number of carboxylic acid groups (broad SMARTS) is 1. The summed E-state index contributed by atoms with van der Waals surface area (Å²) in [5.74, 6) is -0.864. The van der Waals surface area contributed by atoms with Crippen LogP contribution in [0.4, 0.5) is 4.79 Å². The lowest BCUT2D eigenvalue weighted by Gasteiger charge is -2.53. The number of halogens is 1. The predicted molar refractivity (Wildman–Crippen MR) is 148 cm³/mol. The number of carbonyl (C=O) groups excluding carboxylic acids is 2. The SMILES string of the molecule is CC(=N)C(NC(=O)OC(C)c1ccccc1Cl)C(=O)C12CCC(c3ccc(C4(C(=O)O)CC4)cc3)(CC1)CC2. The molecule has 2 atom stereocenters. The molecule has 4 aliphatic rings. The first-order valence-electron chi connectivity index (χ1n) is 13.7. The maximum absolute atomic E-state index is 13.8. The molecule has 4 aliphatic carbocycles. The Balaban J connectivity index is 1.25. The number of ketones is 1. The van der Waals surface area contributed by atoms with E-state index in [2.05, 4.69) is 17.4 Å². The van der Waals surface area contributed by atoms with Crippen LogP contribution in [0.3, 0.4) is 0 Å². The number of Topliss-reactive ketones (excluding diaryl/α,β-unsaturated/α-hetero) is 1. The summed E-state index contributed by atoms with van der Waals surface area (Å²) in [6.45, 7) is 3.26. The van der Waals surface area contributed by atoms with E-state index in [1.807, 2.05) is 18.2 Å². The first-order valence-corrected chi connectivity index (χ1v) is 14.1. The second-order valence-corrected chi connectivity index (χ2v) is 12.1. The zero-order valence-electron chi connectivity index (χ0n) is 22.4. The molecule has 7 nitrogen and oxygen atoms in total. The Kier molecular flexibility index (Phi) is 7.08. The lowest BCUT2D eigenvalue weighted by molar-refractivity contribution is -0.140. The van der Waals surface area contributed by atoms with Crippen LogP contribution in [0.5, 0.6) is 0 Å². The van der Waals surface area contributed by atoms with Gasteiger partial charge < -0.3 is 20.6 Å². The number of carboxylic acids is 1. The molecule has 2 bridgehead atoms. The number of nitrogens with one attached hydrogen (secondary N) is 2. The number of aliphatic carboxylic acids is 1. The quantitative estimate of drug-likeness (QED) is 0.308. The van der Waals surface area contributed by atoms with Gasteiger partial charge in [0, 0.05) is 21.7 Å². The zero-order chi connectivity index (χ0) is 28.0. The molecule has 0 spiro atoms. The van der Waals surface area contributed by atoms with Crippen molar-refractivity contribution in [3.63, 3.8) is 0 Å². The first-order chi connectivity index (χ1) is 18.5. The summed E-state index contributed by atoms with van der Waals surface area (Å²) < 4.78 is 5.52. The maximum atomic E-state index is 13.8. The molecule has 0 aromatic heterocycles. The van der Waals surface area contributed by atoms with E-state index in [0.717, 1.165) is 24.8 Å². The largest absolute Gasteiger partial charge is 0.481 e. The molecule has 0 heterocycles. The maximum Gasteiger partial charge on any atom is 0.408 e. The fraction of sp³-hybridized carbons (Fsp3) is 0.484. The van der Waals surface area contributed by atoms with E-state index in [1.165, 1.54) is 12.5 Å². The van der Waals surface area contributed by atoms with Gasteiger partial charge in [-0.15, -0.1) is 0 Å². The number of alkyl carbamates (subject to hydrolysis) is 1. The predicted octanol–water partition coefficient (Wildman–Crippen LogP) is 6.51. The van der Waals surface area contributed by atoms with Crippen LogP contribution in [-0.4, -0.2) is 34.7 Å². The van der Waals surface area contributed by atoms with Crippen molar-refractivity contribution in [3.8, 4) is 0 Å². The molecule has 2 aromatic carbocycles. The van der Waals surface area contributed by atoms with E-state index >= 15 is 0 Å². The molecule has 0 radical (unpaired) electrons. The summed E-state index contributed by atoms with van der Waals surface area (Å²) in [5, 5.41) is 21.0. The molecule has 4 saturated carbocycles. The normalized spacial score (nSPS) is 26.2. The molecule has 39 heavy (non-hydrogen) atoms. The number of benzene rings is 2. The van der Waals surface area contributed by atoms with Gasteiger partial charge in [0.2, 0.25) is 0 Å². The highest BCUT2D eigenvalue weighted by molar-refractivity contribution is 6.31. The van der Waals surface area contributed by atoms with Crippen molar-refractivity contribution in [1.29, 1.82) is 5.41 Å². The Morgan fingerprint density at radius 2 is 1.49 bits per heavy atom. The van der Waals surface area contributed by atoms with Gasteiger partial charge in [-0.2, -0.15) is 0 Å². The molecule has 2 aromatic rings. The molecule has 6 rings (SSSR count). The summed E-state index contributed by atoms with van der Waals surface area (Å²) in [6.07, 6.45) is 4.65. The van der Waals surface area contributed by atoms with Gasteiger partial charge in [0.05, 0.1) is 5.41 Å². The minimum atomic E-state index is -1.04. The Morgan fingerprint density at radius 3 is 2.00 bits per heavy atom. The molecule has 206 valence electrons. The van der Waals surface area contributed by atoms with Crippen LogP contribution >= 0.6 is 11.6 Å². The fourth-order valence-electron chi connectivity index (χ4n) is 6.74. The summed E-state index contributed by atoms with van der Waals surface area (Å²) in [7, 11) is 0. The fourth-order valence-corrected chi connectivity index (χ4v) is 7.03. The van der Waals surface area contributed by atoms with Crippen LogP contribution in [0, 0.1) is 10.8 Å². The number of rotatable bonds is 9. The summed E-state index contributed by atoms with van der Waals surface area (Å²) in [5.41, 5.74) is 1.53. The topological polar surface area (TPSA) is 117 Å². The third-order valence-corrected chi connectivity index (χ3v) is 9.91. The van der Waals surface area contributed by atoms with Gasteiger partial charge in [-0.05, 0) is 87.8 Å². The number of amides is 1. The van der Waals surface area contributed by atoms with Gasteiger partial charge in [0.25, 0.3) is 0 Å². The van der Waals surface area contributed by atoms with Crippen molar-refractivity contribution < 1.29 is 24.2 Å². The molecule has 1 amide bonds. The monoisotopic (exact) mass is 550 g/mol. The summed E-state index contributed by atoms with van der Waals surface area (Å²) >= 11 is 6.23. The molecule has 0 aliphatic heterocycles. The molecule has 8 heteroatoms. The highest BCUT2D eigenvalue weighted by Gasteiger charge is 2.55. The third-order valence-electron chi connectivity index (χ3n) is 9.56. The Bertz CT molecular complexity index is 1290. The van der Waals surface area contributed by atoms with E-state index in [9.17, 15) is 19.5 Å². The summed E-state index contributed by atoms with van der Waals surface area (Å²) in [6, 6.07) is 14.2. The Hall–Kier alpha value is -3.19. The zero-order valence-corrected chi connectivity index (χ0v) is 23.1. The minimum absolute atomic E-state index is 0.0214. The minimum Gasteiger partial charge on any atom is -0.481 e. The third kappa shape index (κ3) is 4.86. The number of hydrogen-bond donors (Lipinski definition) is 3. The molecular weight excluding hydrogens is 516 g/mol. The van der Waals surface area contributed by atoms with Crippen LogP contribution in [0.1, 0.15) is 88.0 Å². The highest BCUT2D eigenvalue weighted by Crippen LogP contribution is 2.59. The van der Waals surface area contributed by atoms with Crippen molar-refractivity contribution in [2.45, 2.75) is 88.2 Å². The van der Waals surface area contributed by atoms with Gasteiger partial charge in [0.1, 0.15) is 12.1 Å². The van der Waals surface area contributed by atoms with E-state index in [1.54, 1.807) is 25.1 Å². The second-order valence-electron chi connectivity index (χ2n) is 11.7. The molecule has 3 N–H and O–H groups in total. The molecule has 2 unspecified atom stereocenters. The van der Waals surface area contributed by atoms with E-state index in [4.69, 9.17) is 21.7 Å². The number of fused-ring (bicyclic) bond motifs is 3. The Morgan fingerprint density at radius 1 is 0.923 bits per heavy atom. The van der Waals surface area contributed by atoms with Gasteiger partial charge in [0.15, 0.2) is 5.78 Å². The summed E-state index contributed by atoms with van der Waals surface area (Å²) in [4.78, 5) is 38.3. The van der Waals surface area contributed by atoms with Gasteiger partial charge >= 0.3 is 12.1 Å². The van der Waals surface area contributed by atoms with Crippen molar-refractivity contribution in [3.05, 3.63) is 70.2 Å². The smallest absolute Gasteiger partial charge is 0.408 e. The molecule has 4 fully saturated rings. The number of hydrogen-bond acceptors (Lipinski definition) is 5. The molecule has 0 saturated heterocycles. The van der Waals surface area contributed by atoms with Gasteiger partial charge in [-0.1, -0.05) is 54.1 Å². The lowest BCUT2D eigenvalue weighted by Crippen LogP contribution is -2.56. The van der Waals surface area contributed by atoms with Crippen LogP contribution in [-0.2, 0) is 25.2 Å². The lowest BCUT2D eigenvalue weighted by atomic mass is 9.50. The second kappa shape index (κ2) is 10.1. The number of ether oxygens (including phenoxy) is 1. The van der Waals surface area contributed by atoms with Crippen LogP contribution in [0.2, 0.25) is 5.02 Å². The Labute approximate surface area is 233 Å². The first kappa shape index (κ1) is 27.4. The van der Waals surface area contributed by atoms with E-state index in [-0.39, 0.29) is 16.9 Å². The van der Waals surface area contributed by atoms with E-state index < -0.39 is 35.0 Å². The van der Waals surface area contributed by atoms with E-state index in [0.29, 0.717) is 42.7 Å². The van der Waals surface area contributed by atoms with Gasteiger partial charge in [-0.3, -0.25) is 9.59 Å². The van der Waals surface area contributed by atoms with Crippen LogP contribution in [0.25, 0.3) is 0 Å². The van der Waals surface area contributed by atoms with Crippen molar-refractivity contribution in [2.24, 2.45) is 5.41 Å². The van der Waals surface area contributed by atoms with Crippen molar-refractivity contribution in [2.75, 3.05) is 0 Å². The van der Waals surface area contributed by atoms with Crippen LogP contribution in [0.15, 0.2) is 48.5 Å². The van der Waals surface area contributed by atoms with Crippen molar-refractivity contribution >= 4 is 35.2 Å². The highest BCUT2D eigenvalue weighted by atomic mass is 35.5. The average Bonchev–Trinajstić information content (AvgIpc) is 3.75. The van der Waals surface area contributed by atoms with Gasteiger partial charge in [-0.25, -0.2) is 4.79 Å². The standard InChI is InChI=1S/C31H35ClN2O5/c1-19(33)25(34-28(38)39-20(2)23-5-3-4-6-24(23)32)26(35)30-14-11-29(12-15-30,13-16-30)21-7-9-22(10-8-21)31(17-18-31)27(36)37/h3-10,20,25,33H,11-18H2,1-2H3,(H,34,38)(H,36,37). The number of carbonyl (C=O) groups is 3. The average molecular weight is 551 g/mol. The molecular formula is C31H35ClN2O5. The van der Waals surface area contributed by atoms with Crippen molar-refractivity contribution in [1.82, 2.24) is 5.32 Å². The van der Waals surface area contributed by atoms with Crippen LogP contribution < -0.4 is 5.32 Å².